The van der Waals surface area contributed by atoms with Crippen molar-refractivity contribution in [3.63, 3.8) is 0 Å². The van der Waals surface area contributed by atoms with Gasteiger partial charge in [0.2, 0.25) is 0 Å². The van der Waals surface area contributed by atoms with Gasteiger partial charge < -0.3 is 42.5 Å². The minimum atomic E-state index is 0. The van der Waals surface area contributed by atoms with E-state index in [2.05, 4.69) is 75.0 Å². The van der Waals surface area contributed by atoms with Crippen LogP contribution in [0, 0.1) is 0 Å². The van der Waals surface area contributed by atoms with Crippen LogP contribution in [0.3, 0.4) is 0 Å². The van der Waals surface area contributed by atoms with E-state index < -0.39 is 0 Å². The molecule has 0 heterocycles. The van der Waals surface area contributed by atoms with Gasteiger partial charge >= 0.3 is 0 Å². The van der Waals surface area contributed by atoms with Crippen molar-refractivity contribution in [2.75, 3.05) is 105 Å². The van der Waals surface area contributed by atoms with Gasteiger partial charge in [-0.25, -0.2) is 0 Å². The van der Waals surface area contributed by atoms with Gasteiger partial charge in [-0.2, -0.15) is 0 Å². The Morgan fingerprint density at radius 2 is 0.362 bits per heavy atom. The van der Waals surface area contributed by atoms with Crippen molar-refractivity contribution in [2.24, 2.45) is 22.9 Å². The molecular weight excluding hydrogens is 845 g/mol. The highest BCUT2D eigenvalue weighted by Crippen LogP contribution is 2.13. The largest absolute Gasteiger partial charge is 0.330 e. The molecule has 0 atom stereocenters. The zero-order chi connectivity index (χ0) is 51.1. The highest BCUT2D eigenvalue weighted by molar-refractivity contribution is 4.65. The number of nitrogens with zero attached hydrogens (tertiary/aromatic N) is 4. The predicted molar refractivity (Wildman–Crippen MR) is 320 cm³/mol. The molecule has 0 aliphatic rings. The topological polar surface area (TPSA) is 117 Å². The molecule has 0 unspecified atom stereocenters. The summed E-state index contributed by atoms with van der Waals surface area (Å²) in [5.41, 5.74) is 22.5. The molecule has 8 heteroatoms. The third kappa shape index (κ3) is 72.0. The van der Waals surface area contributed by atoms with E-state index in [4.69, 9.17) is 22.9 Å². The minimum absolute atomic E-state index is 0. The van der Waals surface area contributed by atoms with Crippen molar-refractivity contribution in [3.8, 4) is 0 Å². The average Bonchev–Trinajstić information content (AvgIpc) is 3.36. The fourth-order valence-corrected chi connectivity index (χ4v) is 8.73. The maximum atomic E-state index is 5.69. The summed E-state index contributed by atoms with van der Waals surface area (Å²) in [5.74, 6) is 0. The first-order valence-corrected chi connectivity index (χ1v) is 31.1. The molecule has 8 nitrogen and oxygen atoms in total. The average molecular weight is 986 g/mol. The smallest absolute Gasteiger partial charge is 0.000654 e. The van der Waals surface area contributed by atoms with E-state index in [9.17, 15) is 0 Å². The van der Waals surface area contributed by atoms with Crippen molar-refractivity contribution < 1.29 is 0 Å². The summed E-state index contributed by atoms with van der Waals surface area (Å²) in [5, 5.41) is 0. The van der Waals surface area contributed by atoms with Crippen LogP contribution >= 0.6 is 0 Å². The summed E-state index contributed by atoms with van der Waals surface area (Å²) in [6.07, 6.45) is 49.4. The molecule has 0 radical (unpaired) electrons. The molecule has 0 amide bonds. The van der Waals surface area contributed by atoms with Gasteiger partial charge in [0.15, 0.2) is 0 Å². The summed E-state index contributed by atoms with van der Waals surface area (Å²) in [6, 6.07) is 0. The van der Waals surface area contributed by atoms with Gasteiger partial charge in [0.25, 0.3) is 0 Å². The predicted octanol–water partition coefficient (Wildman–Crippen LogP) is 15.8. The third-order valence-corrected chi connectivity index (χ3v) is 13.5. The van der Waals surface area contributed by atoms with Crippen LogP contribution in [0.5, 0.6) is 0 Å². The van der Waals surface area contributed by atoms with Crippen molar-refractivity contribution >= 4 is 0 Å². The highest BCUT2D eigenvalue weighted by atomic mass is 15.2. The molecule has 0 aliphatic carbocycles. The van der Waals surface area contributed by atoms with E-state index in [1.165, 1.54) is 258 Å². The summed E-state index contributed by atoms with van der Waals surface area (Å²) >= 11 is 0. The first-order chi connectivity index (χ1) is 33.4. The lowest BCUT2D eigenvalue weighted by atomic mass is 10.1. The summed E-state index contributed by atoms with van der Waals surface area (Å²) in [7, 11) is 0. The Morgan fingerprint density at radius 3 is 0.594 bits per heavy atom. The van der Waals surface area contributed by atoms with Gasteiger partial charge in [0.1, 0.15) is 0 Å². The Kier molecular flexibility index (Phi) is 83.4. The minimum Gasteiger partial charge on any atom is -0.330 e. The third-order valence-electron chi connectivity index (χ3n) is 13.5. The van der Waals surface area contributed by atoms with Crippen molar-refractivity contribution in [1.29, 1.82) is 0 Å². The molecule has 0 spiro atoms. The Balaban J connectivity index is -0.000000270. The molecule has 0 aromatic rings. The SMILES string of the molecule is C.CCCCCCCCCCCC.CCCCCCCCCCCCCC.CCCCCCN(CCCN)CCCN(CCCC)CCCN.CCCCN(CCCN)CCCN(CC)CCCN. The van der Waals surface area contributed by atoms with Gasteiger partial charge in [0, 0.05) is 0 Å². The van der Waals surface area contributed by atoms with E-state index in [0.29, 0.717) is 0 Å². The molecule has 0 fully saturated rings. The Hall–Kier alpha value is -0.320. The summed E-state index contributed by atoms with van der Waals surface area (Å²) < 4.78 is 0. The standard InChI is InChI=1S/C19H44N4.C15H36N4.C14H30.C12H26.CH4/c1-3-5-7-8-15-23(17-10-13-21)19-11-18-22(14-6-4-2)16-9-12-20;1-3-5-11-19(13-7-10-17)15-8-14-18(4-2)12-6-9-16;1-3-5-7-9-11-13-14-12-10-8-6-4-2;1-3-5-7-9-11-12-10-8-6-4-2;/h3-21H2,1-2H3;3-17H2,1-2H3;3-14H2,1-2H3;3-12H2,1-2H3;1H4. The molecule has 69 heavy (non-hydrogen) atoms. The van der Waals surface area contributed by atoms with E-state index in [1.807, 2.05) is 0 Å². The van der Waals surface area contributed by atoms with Crippen LogP contribution in [-0.4, -0.2) is 124 Å². The van der Waals surface area contributed by atoms with E-state index in [-0.39, 0.29) is 7.43 Å². The van der Waals surface area contributed by atoms with Crippen LogP contribution in [0.25, 0.3) is 0 Å². The molecule has 0 saturated carbocycles. The summed E-state index contributed by atoms with van der Waals surface area (Å²) in [6.45, 7) is 35.7. The van der Waals surface area contributed by atoms with Crippen LogP contribution in [0.4, 0.5) is 0 Å². The second kappa shape index (κ2) is 74.2. The molecule has 0 aliphatic heterocycles. The second-order valence-electron chi connectivity index (χ2n) is 20.4. The molecule has 0 aromatic heterocycles. The number of nitrogens with two attached hydrogens (primary N) is 4. The number of unbranched alkanes of at least 4 members (excludes halogenated alkanes) is 25. The van der Waals surface area contributed by atoms with Crippen molar-refractivity contribution in [3.05, 3.63) is 0 Å². The quantitative estimate of drug-likeness (QED) is 0.0445. The molecule has 0 aromatic carbocycles. The second-order valence-corrected chi connectivity index (χ2v) is 20.4. The van der Waals surface area contributed by atoms with Gasteiger partial charge in [0.05, 0.1) is 0 Å². The zero-order valence-electron chi connectivity index (χ0n) is 48.9. The zero-order valence-corrected chi connectivity index (χ0v) is 48.9. The Bertz CT molecular complexity index is 766. The first-order valence-electron chi connectivity index (χ1n) is 31.1. The number of hydrogen-bond donors (Lipinski definition) is 4. The fraction of sp³-hybridized carbons (Fsp3) is 1.00. The molecular formula is C61H140N8. The van der Waals surface area contributed by atoms with E-state index >= 15 is 0 Å². The monoisotopic (exact) mass is 985 g/mol. The first kappa shape index (κ1) is 77.6. The van der Waals surface area contributed by atoms with Crippen molar-refractivity contribution in [1.82, 2.24) is 19.6 Å². The molecule has 8 N–H and O–H groups in total. The van der Waals surface area contributed by atoms with Crippen LogP contribution in [0.15, 0.2) is 0 Å². The molecule has 0 saturated heterocycles. The molecule has 424 valence electrons. The Labute approximate surface area is 439 Å². The lowest BCUT2D eigenvalue weighted by molar-refractivity contribution is 0.220. The normalized spacial score (nSPS) is 11.1. The van der Waals surface area contributed by atoms with Crippen LogP contribution in [0.2, 0.25) is 0 Å². The summed E-state index contributed by atoms with van der Waals surface area (Å²) in [4.78, 5) is 10.3. The van der Waals surface area contributed by atoms with Gasteiger partial charge in [-0.3, -0.25) is 0 Å². The van der Waals surface area contributed by atoms with E-state index in [0.717, 1.165) is 78.0 Å². The maximum Gasteiger partial charge on any atom is -0.000654 e. The fourth-order valence-electron chi connectivity index (χ4n) is 8.73. The van der Waals surface area contributed by atoms with Crippen LogP contribution in [0.1, 0.15) is 294 Å². The lowest BCUT2D eigenvalue weighted by Crippen LogP contribution is -2.33. The number of hydrogen-bond acceptors (Lipinski definition) is 8. The van der Waals surface area contributed by atoms with E-state index in [1.54, 1.807) is 0 Å². The van der Waals surface area contributed by atoms with Gasteiger partial charge in [-0.05, 0) is 163 Å². The molecule has 0 bridgehead atoms. The van der Waals surface area contributed by atoms with Crippen LogP contribution < -0.4 is 22.9 Å². The van der Waals surface area contributed by atoms with Crippen molar-refractivity contribution in [2.45, 2.75) is 294 Å². The highest BCUT2D eigenvalue weighted by Gasteiger charge is 2.09. The molecule has 0 rings (SSSR count). The lowest BCUT2D eigenvalue weighted by Gasteiger charge is -2.26. The number of rotatable bonds is 52. The van der Waals surface area contributed by atoms with Gasteiger partial charge in [-0.15, -0.1) is 0 Å². The Morgan fingerprint density at radius 1 is 0.188 bits per heavy atom. The maximum absolute atomic E-state index is 5.69. The van der Waals surface area contributed by atoms with Crippen LogP contribution in [-0.2, 0) is 0 Å². The van der Waals surface area contributed by atoms with Gasteiger partial charge in [-0.1, -0.05) is 236 Å².